The third-order valence-electron chi connectivity index (χ3n) is 1.06. The van der Waals surface area contributed by atoms with E-state index in [1.807, 2.05) is 0 Å². The molecule has 0 aliphatic rings. The zero-order valence-corrected chi connectivity index (χ0v) is 6.13. The molecule has 3 heteroatoms. The van der Waals surface area contributed by atoms with Gasteiger partial charge in [-0.05, 0) is 6.92 Å². The standard InChI is InChI=1S/C6H14O3/c1-5(7)4-6(8-2)9-3/h5-7H,4H2,1-3H3/t5-/m0/s1. The summed E-state index contributed by atoms with van der Waals surface area (Å²) in [5, 5.41) is 8.82. The first-order chi connectivity index (χ1) is 4.20. The quantitative estimate of drug-likeness (QED) is 0.565. The summed E-state index contributed by atoms with van der Waals surface area (Å²) in [7, 11) is 3.10. The molecule has 0 aliphatic carbocycles. The Hall–Kier alpha value is -0.120. The van der Waals surface area contributed by atoms with Gasteiger partial charge in [0.15, 0.2) is 6.29 Å². The van der Waals surface area contributed by atoms with E-state index in [0.29, 0.717) is 6.42 Å². The van der Waals surface area contributed by atoms with Crippen LogP contribution >= 0.6 is 0 Å². The average molecular weight is 134 g/mol. The maximum Gasteiger partial charge on any atom is 0.159 e. The number of hydrogen-bond acceptors (Lipinski definition) is 3. The van der Waals surface area contributed by atoms with Crippen molar-refractivity contribution in [2.24, 2.45) is 0 Å². The monoisotopic (exact) mass is 134 g/mol. The highest BCUT2D eigenvalue weighted by molar-refractivity contribution is 4.49. The van der Waals surface area contributed by atoms with E-state index in [-0.39, 0.29) is 12.4 Å². The first kappa shape index (κ1) is 8.88. The lowest BCUT2D eigenvalue weighted by Crippen LogP contribution is -2.18. The summed E-state index contributed by atoms with van der Waals surface area (Å²) in [4.78, 5) is 0. The second kappa shape index (κ2) is 4.73. The van der Waals surface area contributed by atoms with Gasteiger partial charge in [-0.25, -0.2) is 0 Å². The fraction of sp³-hybridized carbons (Fsp3) is 1.00. The van der Waals surface area contributed by atoms with Crippen LogP contribution in [0.25, 0.3) is 0 Å². The Morgan fingerprint density at radius 2 is 1.78 bits per heavy atom. The molecule has 0 spiro atoms. The Morgan fingerprint density at radius 3 is 1.89 bits per heavy atom. The molecule has 0 fully saturated rings. The van der Waals surface area contributed by atoms with Crippen LogP contribution in [0.5, 0.6) is 0 Å². The number of aliphatic hydroxyl groups is 1. The zero-order chi connectivity index (χ0) is 7.28. The molecular weight excluding hydrogens is 120 g/mol. The van der Waals surface area contributed by atoms with Crippen LogP contribution in [0.4, 0.5) is 0 Å². The van der Waals surface area contributed by atoms with Crippen LogP contribution < -0.4 is 0 Å². The van der Waals surface area contributed by atoms with Crippen LogP contribution in [-0.4, -0.2) is 31.7 Å². The van der Waals surface area contributed by atoms with E-state index in [1.165, 1.54) is 0 Å². The first-order valence-corrected chi connectivity index (χ1v) is 2.94. The Morgan fingerprint density at radius 1 is 1.33 bits per heavy atom. The number of methoxy groups -OCH3 is 2. The van der Waals surface area contributed by atoms with E-state index >= 15 is 0 Å². The van der Waals surface area contributed by atoms with Crippen LogP contribution in [0.15, 0.2) is 0 Å². The normalized spacial score (nSPS) is 14.3. The number of aliphatic hydroxyl groups excluding tert-OH is 1. The van der Waals surface area contributed by atoms with Gasteiger partial charge in [0.05, 0.1) is 6.10 Å². The molecule has 0 unspecified atom stereocenters. The minimum atomic E-state index is -0.366. The molecule has 0 radical (unpaired) electrons. The third-order valence-corrected chi connectivity index (χ3v) is 1.06. The van der Waals surface area contributed by atoms with Crippen molar-refractivity contribution >= 4 is 0 Å². The molecule has 0 heterocycles. The third kappa shape index (κ3) is 4.39. The fourth-order valence-corrected chi connectivity index (χ4v) is 0.567. The largest absolute Gasteiger partial charge is 0.393 e. The Labute approximate surface area is 55.6 Å². The molecule has 1 N–H and O–H groups in total. The zero-order valence-electron chi connectivity index (χ0n) is 6.13. The molecule has 1 atom stereocenters. The molecule has 0 aromatic heterocycles. The Balaban J connectivity index is 3.31. The summed E-state index contributed by atoms with van der Waals surface area (Å²) in [6.45, 7) is 1.70. The number of hydrogen-bond donors (Lipinski definition) is 1. The van der Waals surface area contributed by atoms with Crippen LogP contribution in [0.1, 0.15) is 13.3 Å². The summed E-state index contributed by atoms with van der Waals surface area (Å²) in [5.41, 5.74) is 0. The smallest absolute Gasteiger partial charge is 0.159 e. The van der Waals surface area contributed by atoms with Crippen LogP contribution in [0.2, 0.25) is 0 Å². The van der Waals surface area contributed by atoms with E-state index in [1.54, 1.807) is 21.1 Å². The molecule has 0 aromatic carbocycles. The molecule has 0 saturated heterocycles. The van der Waals surface area contributed by atoms with E-state index in [0.717, 1.165) is 0 Å². The van der Waals surface area contributed by atoms with Gasteiger partial charge in [-0.15, -0.1) is 0 Å². The topological polar surface area (TPSA) is 38.7 Å². The van der Waals surface area contributed by atoms with Crippen molar-refractivity contribution in [3.63, 3.8) is 0 Å². The lowest BCUT2D eigenvalue weighted by Gasteiger charge is -2.13. The van der Waals surface area contributed by atoms with E-state index in [9.17, 15) is 0 Å². The second-order valence-corrected chi connectivity index (χ2v) is 1.99. The highest BCUT2D eigenvalue weighted by Gasteiger charge is 2.07. The van der Waals surface area contributed by atoms with Gasteiger partial charge >= 0.3 is 0 Å². The summed E-state index contributed by atoms with van der Waals surface area (Å²) >= 11 is 0. The SMILES string of the molecule is COC(C[C@H](C)O)OC. The maximum absolute atomic E-state index is 8.82. The fourth-order valence-electron chi connectivity index (χ4n) is 0.567. The molecule has 0 amide bonds. The second-order valence-electron chi connectivity index (χ2n) is 1.99. The van der Waals surface area contributed by atoms with Crippen molar-refractivity contribution in [3.8, 4) is 0 Å². The van der Waals surface area contributed by atoms with Gasteiger partial charge in [-0.1, -0.05) is 0 Å². The summed E-state index contributed by atoms with van der Waals surface area (Å²) in [5.74, 6) is 0. The summed E-state index contributed by atoms with van der Waals surface area (Å²) < 4.78 is 9.66. The van der Waals surface area contributed by atoms with Crippen molar-refractivity contribution < 1.29 is 14.6 Å². The Kier molecular flexibility index (Phi) is 4.67. The predicted octanol–water partition coefficient (Wildman–Crippen LogP) is 0.376. The van der Waals surface area contributed by atoms with E-state index in [2.05, 4.69) is 0 Å². The van der Waals surface area contributed by atoms with E-state index < -0.39 is 0 Å². The number of ether oxygens (including phenoxy) is 2. The van der Waals surface area contributed by atoms with Crippen LogP contribution in [0.3, 0.4) is 0 Å². The lowest BCUT2D eigenvalue weighted by atomic mass is 10.3. The molecule has 0 bridgehead atoms. The summed E-state index contributed by atoms with van der Waals surface area (Å²) in [6.07, 6.45) is -0.118. The van der Waals surface area contributed by atoms with Crippen molar-refractivity contribution in [1.29, 1.82) is 0 Å². The minimum absolute atomic E-state index is 0.273. The van der Waals surface area contributed by atoms with Crippen molar-refractivity contribution in [2.45, 2.75) is 25.7 Å². The van der Waals surface area contributed by atoms with Crippen molar-refractivity contribution in [3.05, 3.63) is 0 Å². The van der Waals surface area contributed by atoms with Crippen LogP contribution in [-0.2, 0) is 9.47 Å². The molecule has 0 aliphatic heterocycles. The average Bonchev–Trinajstić information content (AvgIpc) is 1.82. The number of rotatable bonds is 4. The van der Waals surface area contributed by atoms with E-state index in [4.69, 9.17) is 14.6 Å². The molecule has 0 aromatic rings. The van der Waals surface area contributed by atoms with Gasteiger partial charge in [0.1, 0.15) is 0 Å². The summed E-state index contributed by atoms with van der Waals surface area (Å²) in [6, 6.07) is 0. The maximum atomic E-state index is 8.82. The van der Waals surface area contributed by atoms with Gasteiger partial charge in [0.2, 0.25) is 0 Å². The van der Waals surface area contributed by atoms with Gasteiger partial charge in [0, 0.05) is 20.6 Å². The van der Waals surface area contributed by atoms with Crippen LogP contribution in [0, 0.1) is 0 Å². The lowest BCUT2D eigenvalue weighted by molar-refractivity contribution is -0.120. The highest BCUT2D eigenvalue weighted by atomic mass is 16.7. The Bertz CT molecular complexity index is 59.3. The van der Waals surface area contributed by atoms with Gasteiger partial charge in [-0.3, -0.25) is 0 Å². The molecule has 56 valence electrons. The van der Waals surface area contributed by atoms with Gasteiger partial charge < -0.3 is 14.6 Å². The molecular formula is C6H14O3. The van der Waals surface area contributed by atoms with Crippen molar-refractivity contribution in [2.75, 3.05) is 14.2 Å². The molecule has 3 nitrogen and oxygen atoms in total. The minimum Gasteiger partial charge on any atom is -0.393 e. The van der Waals surface area contributed by atoms with Crippen molar-refractivity contribution in [1.82, 2.24) is 0 Å². The molecule has 9 heavy (non-hydrogen) atoms. The highest BCUT2D eigenvalue weighted by Crippen LogP contribution is 2.00. The van der Waals surface area contributed by atoms with Gasteiger partial charge in [-0.2, -0.15) is 0 Å². The molecule has 0 rings (SSSR count). The first-order valence-electron chi connectivity index (χ1n) is 2.94. The predicted molar refractivity (Wildman–Crippen MR) is 34.1 cm³/mol. The molecule has 0 saturated carbocycles. The van der Waals surface area contributed by atoms with Gasteiger partial charge in [0.25, 0.3) is 0 Å².